The van der Waals surface area contributed by atoms with E-state index in [1.807, 2.05) is 11.9 Å². The minimum Gasteiger partial charge on any atom is -0.329 e. The summed E-state index contributed by atoms with van der Waals surface area (Å²) in [5.74, 6) is 0.678. The summed E-state index contributed by atoms with van der Waals surface area (Å²) in [5.41, 5.74) is 4.02. The lowest BCUT2D eigenvalue weighted by Gasteiger charge is -2.20. The molecule has 0 saturated heterocycles. The van der Waals surface area contributed by atoms with Gasteiger partial charge in [0.2, 0.25) is 0 Å². The summed E-state index contributed by atoms with van der Waals surface area (Å²) in [5, 5.41) is 0. The third kappa shape index (κ3) is 2.40. The van der Waals surface area contributed by atoms with Crippen LogP contribution in [0.25, 0.3) is 0 Å². The van der Waals surface area contributed by atoms with Crippen molar-refractivity contribution in [3.63, 3.8) is 0 Å². The lowest BCUT2D eigenvalue weighted by Crippen LogP contribution is -2.13. The third-order valence-corrected chi connectivity index (χ3v) is 2.86. The van der Waals surface area contributed by atoms with Crippen molar-refractivity contribution in [3.05, 3.63) is 53.2 Å². The van der Waals surface area contributed by atoms with Gasteiger partial charge in [0, 0.05) is 18.9 Å². The second-order valence-corrected chi connectivity index (χ2v) is 4.44. The average molecular weight is 240 g/mol. The van der Waals surface area contributed by atoms with E-state index in [1.165, 1.54) is 11.1 Å². The van der Waals surface area contributed by atoms with Gasteiger partial charge in [-0.05, 0) is 49.2 Å². The third-order valence-electron chi connectivity index (χ3n) is 2.86. The Morgan fingerprint density at radius 1 is 1.17 bits per heavy atom. The maximum Gasteiger partial charge on any atom is 0.153 e. The van der Waals surface area contributed by atoms with Crippen molar-refractivity contribution in [1.29, 1.82) is 0 Å². The Kier molecular flexibility index (Phi) is 3.42. The van der Waals surface area contributed by atoms with Gasteiger partial charge in [0.05, 0.1) is 5.56 Å². The summed E-state index contributed by atoms with van der Waals surface area (Å²) in [7, 11) is 1.92. The van der Waals surface area contributed by atoms with Crippen LogP contribution in [0.15, 0.2) is 36.5 Å². The number of nitrogens with zero attached hydrogens (tertiary/aromatic N) is 2. The minimum absolute atomic E-state index is 0.596. The molecule has 0 N–H and O–H groups in total. The molecule has 0 aliphatic rings. The summed E-state index contributed by atoms with van der Waals surface area (Å²) in [6.45, 7) is 4.12. The lowest BCUT2D eigenvalue weighted by atomic mass is 10.1. The average Bonchev–Trinajstić information content (AvgIpc) is 2.36. The second-order valence-electron chi connectivity index (χ2n) is 4.44. The van der Waals surface area contributed by atoms with Gasteiger partial charge in [0.25, 0.3) is 0 Å². The normalized spacial score (nSPS) is 10.2. The van der Waals surface area contributed by atoms with Gasteiger partial charge >= 0.3 is 0 Å². The fourth-order valence-electron chi connectivity index (χ4n) is 2.05. The van der Waals surface area contributed by atoms with Crippen molar-refractivity contribution in [2.45, 2.75) is 13.8 Å². The van der Waals surface area contributed by atoms with Crippen molar-refractivity contribution >= 4 is 17.8 Å². The van der Waals surface area contributed by atoms with E-state index in [0.29, 0.717) is 11.4 Å². The molecule has 0 radical (unpaired) electrons. The number of anilines is 2. The van der Waals surface area contributed by atoms with Crippen molar-refractivity contribution in [2.75, 3.05) is 11.9 Å². The first kappa shape index (κ1) is 12.3. The molecule has 2 rings (SSSR count). The molecule has 1 aromatic heterocycles. The summed E-state index contributed by atoms with van der Waals surface area (Å²) in [6, 6.07) is 9.82. The number of rotatable bonds is 3. The van der Waals surface area contributed by atoms with E-state index in [-0.39, 0.29) is 0 Å². The molecule has 0 aliphatic heterocycles. The standard InChI is InChI=1S/C15H16N2O/c1-11-7-12(2)9-14(8-11)17(3)15-13(10-18)5-4-6-16-15/h4-10H,1-3H3. The molecule has 0 amide bonds. The predicted octanol–water partition coefficient (Wildman–Crippen LogP) is 3.28. The van der Waals surface area contributed by atoms with Crippen LogP contribution < -0.4 is 4.90 Å². The maximum absolute atomic E-state index is 11.0. The summed E-state index contributed by atoms with van der Waals surface area (Å²) < 4.78 is 0. The first-order valence-corrected chi connectivity index (χ1v) is 5.84. The molecule has 0 fully saturated rings. The fourth-order valence-corrected chi connectivity index (χ4v) is 2.05. The van der Waals surface area contributed by atoms with Crippen molar-refractivity contribution in [1.82, 2.24) is 4.98 Å². The lowest BCUT2D eigenvalue weighted by molar-refractivity contribution is 0.112. The molecule has 1 aromatic carbocycles. The van der Waals surface area contributed by atoms with E-state index in [4.69, 9.17) is 0 Å². The highest BCUT2D eigenvalue weighted by Gasteiger charge is 2.10. The SMILES string of the molecule is Cc1cc(C)cc(N(C)c2ncccc2C=O)c1. The van der Waals surface area contributed by atoms with E-state index in [2.05, 4.69) is 37.0 Å². The van der Waals surface area contributed by atoms with Crippen LogP contribution in [0.3, 0.4) is 0 Å². The Bertz CT molecular complexity index is 558. The molecule has 92 valence electrons. The number of pyridine rings is 1. The number of aromatic nitrogens is 1. The number of aryl methyl sites for hydroxylation is 2. The Balaban J connectivity index is 2.47. The van der Waals surface area contributed by atoms with Crippen LogP contribution in [0.1, 0.15) is 21.5 Å². The van der Waals surface area contributed by atoms with Gasteiger partial charge in [-0.3, -0.25) is 4.79 Å². The molecule has 0 saturated carbocycles. The van der Waals surface area contributed by atoms with E-state index in [9.17, 15) is 4.79 Å². The predicted molar refractivity (Wildman–Crippen MR) is 73.6 cm³/mol. The smallest absolute Gasteiger partial charge is 0.153 e. The zero-order chi connectivity index (χ0) is 13.1. The highest BCUT2D eigenvalue weighted by atomic mass is 16.1. The molecule has 0 bridgehead atoms. The monoisotopic (exact) mass is 240 g/mol. The van der Waals surface area contributed by atoms with Crippen molar-refractivity contribution in [3.8, 4) is 0 Å². The molecule has 0 aliphatic carbocycles. The Hall–Kier alpha value is -2.16. The van der Waals surface area contributed by atoms with Crippen LogP contribution in [-0.4, -0.2) is 18.3 Å². The van der Waals surface area contributed by atoms with Gasteiger partial charge in [-0.15, -0.1) is 0 Å². The molecule has 18 heavy (non-hydrogen) atoms. The van der Waals surface area contributed by atoms with Crippen LogP contribution in [0, 0.1) is 13.8 Å². The number of carbonyl (C=O) groups excluding carboxylic acids is 1. The minimum atomic E-state index is 0.596. The van der Waals surface area contributed by atoms with Gasteiger partial charge in [-0.2, -0.15) is 0 Å². The second kappa shape index (κ2) is 5.00. The topological polar surface area (TPSA) is 33.2 Å². The molecule has 1 heterocycles. The molecule has 0 atom stereocenters. The first-order valence-electron chi connectivity index (χ1n) is 5.84. The Labute approximate surface area is 107 Å². The first-order chi connectivity index (χ1) is 8.61. The Morgan fingerprint density at radius 3 is 2.44 bits per heavy atom. The maximum atomic E-state index is 11.0. The van der Waals surface area contributed by atoms with Crippen molar-refractivity contribution < 1.29 is 4.79 Å². The van der Waals surface area contributed by atoms with Gasteiger partial charge in [0.15, 0.2) is 6.29 Å². The molecule has 3 nitrogen and oxygen atoms in total. The molecule has 0 unspecified atom stereocenters. The van der Waals surface area contributed by atoms with Gasteiger partial charge < -0.3 is 4.90 Å². The van der Waals surface area contributed by atoms with E-state index < -0.39 is 0 Å². The highest BCUT2D eigenvalue weighted by Crippen LogP contribution is 2.25. The number of carbonyl (C=O) groups is 1. The van der Waals surface area contributed by atoms with Gasteiger partial charge in [0.1, 0.15) is 5.82 Å². The quantitative estimate of drug-likeness (QED) is 0.772. The molecular weight excluding hydrogens is 224 g/mol. The van der Waals surface area contributed by atoms with Gasteiger partial charge in [-0.25, -0.2) is 4.98 Å². The summed E-state index contributed by atoms with van der Waals surface area (Å²) in [4.78, 5) is 17.2. The molecule has 3 heteroatoms. The van der Waals surface area contributed by atoms with E-state index in [1.54, 1.807) is 18.3 Å². The summed E-state index contributed by atoms with van der Waals surface area (Å²) >= 11 is 0. The van der Waals surface area contributed by atoms with Crippen LogP contribution >= 0.6 is 0 Å². The van der Waals surface area contributed by atoms with Crippen LogP contribution in [0.4, 0.5) is 11.5 Å². The molecular formula is C15H16N2O. The zero-order valence-corrected chi connectivity index (χ0v) is 10.8. The summed E-state index contributed by atoms with van der Waals surface area (Å²) in [6.07, 6.45) is 2.53. The fraction of sp³-hybridized carbons (Fsp3) is 0.200. The zero-order valence-electron chi connectivity index (χ0n) is 10.8. The van der Waals surface area contributed by atoms with E-state index in [0.717, 1.165) is 12.0 Å². The van der Waals surface area contributed by atoms with Crippen molar-refractivity contribution in [2.24, 2.45) is 0 Å². The number of aldehydes is 1. The molecule has 0 spiro atoms. The van der Waals surface area contributed by atoms with Gasteiger partial charge in [-0.1, -0.05) is 6.07 Å². The van der Waals surface area contributed by atoms with Crippen LogP contribution in [-0.2, 0) is 0 Å². The highest BCUT2D eigenvalue weighted by molar-refractivity contribution is 5.84. The number of benzene rings is 1. The van der Waals surface area contributed by atoms with Crippen LogP contribution in [0.5, 0.6) is 0 Å². The number of hydrogen-bond donors (Lipinski definition) is 0. The molecule has 2 aromatic rings. The largest absolute Gasteiger partial charge is 0.329 e. The Morgan fingerprint density at radius 2 is 1.83 bits per heavy atom. The number of hydrogen-bond acceptors (Lipinski definition) is 3. The van der Waals surface area contributed by atoms with E-state index >= 15 is 0 Å². The van der Waals surface area contributed by atoms with Crippen LogP contribution in [0.2, 0.25) is 0 Å².